The summed E-state index contributed by atoms with van der Waals surface area (Å²) in [4.78, 5) is 4.98. The van der Waals surface area contributed by atoms with Crippen LogP contribution < -0.4 is 10.6 Å². The molecule has 3 rings (SSSR count). The van der Waals surface area contributed by atoms with Crippen LogP contribution in [0.1, 0.15) is 30.9 Å². The predicted molar refractivity (Wildman–Crippen MR) is 133 cm³/mol. The summed E-state index contributed by atoms with van der Waals surface area (Å²) in [6.07, 6.45) is 2.81. The molecule has 2 aromatic carbocycles. The molecule has 6 nitrogen and oxygen atoms in total. The Balaban J connectivity index is 0.00000320. The summed E-state index contributed by atoms with van der Waals surface area (Å²) in [5, 5.41) is 6.60. The molecular formula is C22H31IN4O2S. The van der Waals surface area contributed by atoms with Gasteiger partial charge >= 0.3 is 0 Å². The molecule has 1 aliphatic rings. The number of sulfonamides is 1. The van der Waals surface area contributed by atoms with E-state index in [2.05, 4.69) is 27.8 Å². The number of nitrogens with one attached hydrogen (secondary N) is 2. The van der Waals surface area contributed by atoms with Crippen LogP contribution in [-0.2, 0) is 23.0 Å². The average molecular weight is 542 g/mol. The molecule has 1 aliphatic heterocycles. The quantitative estimate of drug-likeness (QED) is 0.305. The number of hydrogen-bond donors (Lipinski definition) is 2. The van der Waals surface area contributed by atoms with Gasteiger partial charge in [0.2, 0.25) is 10.0 Å². The molecule has 0 atom stereocenters. The lowest BCUT2D eigenvalue weighted by Gasteiger charge is -2.15. The fraction of sp³-hybridized carbons (Fsp3) is 0.409. The molecule has 0 bridgehead atoms. The second-order valence-corrected chi connectivity index (χ2v) is 9.05. The van der Waals surface area contributed by atoms with Crippen molar-refractivity contribution < 1.29 is 8.42 Å². The molecular weight excluding hydrogens is 511 g/mol. The van der Waals surface area contributed by atoms with Crippen LogP contribution in [0.5, 0.6) is 0 Å². The molecule has 0 radical (unpaired) electrons. The van der Waals surface area contributed by atoms with Crippen molar-refractivity contribution in [3.8, 4) is 0 Å². The summed E-state index contributed by atoms with van der Waals surface area (Å²) in [7, 11) is -3.36. The third-order valence-electron chi connectivity index (χ3n) is 4.94. The molecule has 1 heterocycles. The zero-order chi connectivity index (χ0) is 20.5. The standard InChI is InChI=1S/C22H30N4O2S.HI/c1-2-23-22(24-15-14-19-8-4-3-5-9-19)25-18-20-10-12-21(13-11-20)29(27,28)26-16-6-7-17-26;/h3-5,8-13H,2,6-7,14-18H2,1H3,(H2,23,24,25);1H. The highest BCUT2D eigenvalue weighted by Crippen LogP contribution is 2.21. The highest BCUT2D eigenvalue weighted by atomic mass is 127. The van der Waals surface area contributed by atoms with Gasteiger partial charge in [-0.25, -0.2) is 13.4 Å². The van der Waals surface area contributed by atoms with E-state index in [1.807, 2.05) is 37.3 Å². The monoisotopic (exact) mass is 542 g/mol. The minimum atomic E-state index is -3.36. The zero-order valence-electron chi connectivity index (χ0n) is 17.4. The van der Waals surface area contributed by atoms with Gasteiger partial charge in [-0.05, 0) is 49.4 Å². The minimum Gasteiger partial charge on any atom is -0.357 e. The molecule has 0 aliphatic carbocycles. The van der Waals surface area contributed by atoms with Crippen molar-refractivity contribution in [1.82, 2.24) is 14.9 Å². The fourth-order valence-electron chi connectivity index (χ4n) is 3.33. The summed E-state index contributed by atoms with van der Waals surface area (Å²) in [6, 6.07) is 17.4. The van der Waals surface area contributed by atoms with Crippen LogP contribution in [0, 0.1) is 0 Å². The van der Waals surface area contributed by atoms with Gasteiger partial charge in [0.15, 0.2) is 5.96 Å². The van der Waals surface area contributed by atoms with Gasteiger partial charge in [-0.2, -0.15) is 4.31 Å². The highest BCUT2D eigenvalue weighted by Gasteiger charge is 2.26. The summed E-state index contributed by atoms with van der Waals surface area (Å²) in [5.74, 6) is 0.761. The zero-order valence-corrected chi connectivity index (χ0v) is 20.5. The van der Waals surface area contributed by atoms with E-state index in [9.17, 15) is 8.42 Å². The lowest BCUT2D eigenvalue weighted by molar-refractivity contribution is 0.477. The Kier molecular flexibility index (Phi) is 10.1. The largest absolute Gasteiger partial charge is 0.357 e. The predicted octanol–water partition coefficient (Wildman–Crippen LogP) is 3.39. The van der Waals surface area contributed by atoms with Crippen LogP contribution in [0.4, 0.5) is 0 Å². The number of aliphatic imine (C=N–C) groups is 1. The number of halogens is 1. The number of nitrogens with zero attached hydrogens (tertiary/aromatic N) is 2. The van der Waals surface area contributed by atoms with Crippen LogP contribution in [0.25, 0.3) is 0 Å². The molecule has 2 N–H and O–H groups in total. The lowest BCUT2D eigenvalue weighted by Crippen LogP contribution is -2.38. The number of benzene rings is 2. The van der Waals surface area contributed by atoms with Crippen molar-refractivity contribution in [1.29, 1.82) is 0 Å². The second-order valence-electron chi connectivity index (χ2n) is 7.11. The lowest BCUT2D eigenvalue weighted by atomic mass is 10.1. The van der Waals surface area contributed by atoms with E-state index < -0.39 is 10.0 Å². The van der Waals surface area contributed by atoms with Crippen molar-refractivity contribution in [3.05, 3.63) is 65.7 Å². The molecule has 0 spiro atoms. The SMILES string of the molecule is CCNC(=NCc1ccc(S(=O)(=O)N2CCCC2)cc1)NCCc1ccccc1.I. The number of guanidine groups is 1. The van der Waals surface area contributed by atoms with Gasteiger partial charge < -0.3 is 10.6 Å². The molecule has 0 aromatic heterocycles. The molecule has 0 unspecified atom stereocenters. The summed E-state index contributed by atoms with van der Waals surface area (Å²) >= 11 is 0. The van der Waals surface area contributed by atoms with E-state index in [-0.39, 0.29) is 24.0 Å². The Morgan fingerprint density at radius 2 is 1.63 bits per heavy atom. The highest BCUT2D eigenvalue weighted by molar-refractivity contribution is 14.0. The molecule has 30 heavy (non-hydrogen) atoms. The third kappa shape index (κ3) is 6.95. The van der Waals surface area contributed by atoms with Gasteiger partial charge in [-0.1, -0.05) is 42.5 Å². The second kappa shape index (κ2) is 12.3. The maximum absolute atomic E-state index is 12.6. The van der Waals surface area contributed by atoms with E-state index in [0.717, 1.165) is 43.9 Å². The third-order valence-corrected chi connectivity index (χ3v) is 6.85. The molecule has 0 amide bonds. The van der Waals surface area contributed by atoms with Gasteiger partial charge in [0.05, 0.1) is 11.4 Å². The first-order chi connectivity index (χ1) is 14.1. The maximum Gasteiger partial charge on any atom is 0.243 e. The van der Waals surface area contributed by atoms with Crippen molar-refractivity contribution in [2.24, 2.45) is 4.99 Å². The van der Waals surface area contributed by atoms with Crippen molar-refractivity contribution >= 4 is 40.0 Å². The van der Waals surface area contributed by atoms with E-state index in [1.54, 1.807) is 16.4 Å². The van der Waals surface area contributed by atoms with E-state index in [4.69, 9.17) is 0 Å². The Morgan fingerprint density at radius 1 is 0.967 bits per heavy atom. The van der Waals surface area contributed by atoms with Gasteiger partial charge in [0, 0.05) is 26.2 Å². The summed E-state index contributed by atoms with van der Waals surface area (Å²) in [6.45, 7) is 5.34. The van der Waals surface area contributed by atoms with Gasteiger partial charge in [-0.15, -0.1) is 24.0 Å². The van der Waals surface area contributed by atoms with Crippen molar-refractivity contribution in [3.63, 3.8) is 0 Å². The molecule has 1 fully saturated rings. The summed E-state index contributed by atoms with van der Waals surface area (Å²) in [5.41, 5.74) is 2.26. The molecule has 0 saturated carbocycles. The smallest absolute Gasteiger partial charge is 0.243 e. The van der Waals surface area contributed by atoms with Crippen LogP contribution in [0.2, 0.25) is 0 Å². The first kappa shape index (κ1) is 24.6. The van der Waals surface area contributed by atoms with Gasteiger partial charge in [0.1, 0.15) is 0 Å². The number of rotatable bonds is 8. The average Bonchev–Trinajstić information content (AvgIpc) is 3.29. The topological polar surface area (TPSA) is 73.8 Å². The van der Waals surface area contributed by atoms with Gasteiger partial charge in [-0.3, -0.25) is 0 Å². The minimum absolute atomic E-state index is 0. The Morgan fingerprint density at radius 3 is 2.27 bits per heavy atom. The van der Waals surface area contributed by atoms with Crippen LogP contribution in [0.15, 0.2) is 64.5 Å². The first-order valence-corrected chi connectivity index (χ1v) is 11.7. The van der Waals surface area contributed by atoms with E-state index >= 15 is 0 Å². The fourth-order valence-corrected chi connectivity index (χ4v) is 4.84. The Labute approximate surface area is 197 Å². The molecule has 2 aromatic rings. The normalized spacial score (nSPS) is 14.9. The van der Waals surface area contributed by atoms with Crippen molar-refractivity contribution in [2.75, 3.05) is 26.2 Å². The van der Waals surface area contributed by atoms with Crippen LogP contribution in [-0.4, -0.2) is 44.9 Å². The number of hydrogen-bond acceptors (Lipinski definition) is 3. The maximum atomic E-state index is 12.6. The van der Waals surface area contributed by atoms with E-state index in [1.165, 1.54) is 5.56 Å². The van der Waals surface area contributed by atoms with E-state index in [0.29, 0.717) is 24.5 Å². The van der Waals surface area contributed by atoms with Crippen molar-refractivity contribution in [2.45, 2.75) is 37.6 Å². The van der Waals surface area contributed by atoms with Crippen LogP contribution >= 0.6 is 24.0 Å². The molecule has 1 saturated heterocycles. The van der Waals surface area contributed by atoms with Gasteiger partial charge in [0.25, 0.3) is 0 Å². The summed E-state index contributed by atoms with van der Waals surface area (Å²) < 4.78 is 26.8. The molecule has 164 valence electrons. The molecule has 8 heteroatoms. The Bertz CT molecular complexity index is 896. The Hall–Kier alpha value is -1.65. The van der Waals surface area contributed by atoms with Crippen LogP contribution in [0.3, 0.4) is 0 Å². The first-order valence-electron chi connectivity index (χ1n) is 10.2.